The van der Waals surface area contributed by atoms with E-state index in [4.69, 9.17) is 14.2 Å². The molecule has 132 valence electrons. The molecule has 1 unspecified atom stereocenters. The van der Waals surface area contributed by atoms with Crippen LogP contribution >= 0.6 is 0 Å². The molecule has 7 heteroatoms. The van der Waals surface area contributed by atoms with Gasteiger partial charge in [0.2, 0.25) is 0 Å². The fraction of sp³-hybridized carbons (Fsp3) is 0.812. The second kappa shape index (κ2) is 8.86. The van der Waals surface area contributed by atoms with Gasteiger partial charge in [0.15, 0.2) is 5.78 Å². The molecule has 1 amide bonds. The van der Waals surface area contributed by atoms with Crippen molar-refractivity contribution in [1.82, 2.24) is 4.90 Å². The van der Waals surface area contributed by atoms with Crippen molar-refractivity contribution in [2.75, 3.05) is 26.4 Å². The quantitative estimate of drug-likeness (QED) is 0.421. The van der Waals surface area contributed by atoms with Gasteiger partial charge in [-0.05, 0) is 27.2 Å². The van der Waals surface area contributed by atoms with Crippen molar-refractivity contribution in [3.05, 3.63) is 0 Å². The van der Waals surface area contributed by atoms with Crippen LogP contribution in [0.2, 0.25) is 0 Å². The van der Waals surface area contributed by atoms with Crippen LogP contribution in [0.1, 0.15) is 47.0 Å². The van der Waals surface area contributed by atoms with Crippen LogP contribution in [0.4, 0.5) is 4.79 Å². The van der Waals surface area contributed by atoms with Gasteiger partial charge in [-0.2, -0.15) is 0 Å². The Morgan fingerprint density at radius 3 is 2.57 bits per heavy atom. The van der Waals surface area contributed by atoms with Crippen LogP contribution in [0.15, 0.2) is 0 Å². The molecule has 1 aliphatic heterocycles. The van der Waals surface area contributed by atoms with Gasteiger partial charge in [-0.25, -0.2) is 4.79 Å². The van der Waals surface area contributed by atoms with Gasteiger partial charge in [-0.1, -0.05) is 13.3 Å². The van der Waals surface area contributed by atoms with Crippen molar-refractivity contribution in [3.63, 3.8) is 0 Å². The van der Waals surface area contributed by atoms with Crippen molar-refractivity contribution >= 4 is 17.8 Å². The summed E-state index contributed by atoms with van der Waals surface area (Å²) in [5, 5.41) is 0. The summed E-state index contributed by atoms with van der Waals surface area (Å²) in [7, 11) is 0. The summed E-state index contributed by atoms with van der Waals surface area (Å²) in [4.78, 5) is 37.5. The van der Waals surface area contributed by atoms with E-state index in [2.05, 4.69) is 0 Å². The van der Waals surface area contributed by atoms with Gasteiger partial charge in [0, 0.05) is 6.54 Å². The summed E-state index contributed by atoms with van der Waals surface area (Å²) < 4.78 is 15.6. The molecule has 1 rings (SSSR count). The summed E-state index contributed by atoms with van der Waals surface area (Å²) in [6.45, 7) is 8.21. The van der Waals surface area contributed by atoms with E-state index in [9.17, 15) is 14.4 Å². The minimum Gasteiger partial charge on any atom is -0.460 e. The van der Waals surface area contributed by atoms with E-state index in [0.717, 1.165) is 12.8 Å². The average Bonchev–Trinajstić information content (AvgIpc) is 2.45. The highest BCUT2D eigenvalue weighted by Crippen LogP contribution is 2.14. The van der Waals surface area contributed by atoms with E-state index < -0.39 is 29.5 Å². The van der Waals surface area contributed by atoms with Gasteiger partial charge in [-0.3, -0.25) is 14.5 Å². The normalized spacial score (nSPS) is 18.4. The van der Waals surface area contributed by atoms with Crippen LogP contribution in [0.25, 0.3) is 0 Å². The van der Waals surface area contributed by atoms with E-state index >= 15 is 0 Å². The molecule has 0 aromatic carbocycles. The number of carbonyl (C=O) groups excluding carboxylic acids is 3. The van der Waals surface area contributed by atoms with Crippen molar-refractivity contribution in [2.45, 2.75) is 58.6 Å². The lowest BCUT2D eigenvalue weighted by atomic mass is 10.1. The zero-order chi connectivity index (χ0) is 17.5. The van der Waals surface area contributed by atoms with Gasteiger partial charge in [0.1, 0.15) is 18.1 Å². The van der Waals surface area contributed by atoms with E-state index in [-0.39, 0.29) is 19.6 Å². The molecule has 0 aromatic rings. The molecule has 1 fully saturated rings. The third-order valence-corrected chi connectivity index (χ3v) is 3.20. The van der Waals surface area contributed by atoms with Crippen LogP contribution in [0, 0.1) is 0 Å². The number of ketones is 1. The number of nitrogens with zero attached hydrogens (tertiary/aromatic N) is 1. The lowest BCUT2D eigenvalue weighted by Gasteiger charge is -2.33. The minimum absolute atomic E-state index is 0.0739. The first-order valence-corrected chi connectivity index (χ1v) is 8.00. The Morgan fingerprint density at radius 1 is 1.26 bits per heavy atom. The maximum Gasteiger partial charge on any atom is 0.410 e. The first-order chi connectivity index (χ1) is 10.7. The van der Waals surface area contributed by atoms with Crippen LogP contribution in [0.5, 0.6) is 0 Å². The van der Waals surface area contributed by atoms with Crippen molar-refractivity contribution in [2.24, 2.45) is 0 Å². The van der Waals surface area contributed by atoms with Crippen LogP contribution in [-0.4, -0.2) is 60.8 Å². The Balaban J connectivity index is 2.60. The number of hydrogen-bond donors (Lipinski definition) is 0. The molecule has 0 saturated carbocycles. The van der Waals surface area contributed by atoms with Crippen molar-refractivity contribution < 1.29 is 28.6 Å². The average molecular weight is 329 g/mol. The topological polar surface area (TPSA) is 82.1 Å². The molecular formula is C16H27NO6. The Labute approximate surface area is 137 Å². The number of unbranched alkanes of at least 4 members (excludes halogenated alkanes) is 1. The zero-order valence-corrected chi connectivity index (χ0v) is 14.4. The lowest BCUT2D eigenvalue weighted by molar-refractivity contribution is -0.157. The summed E-state index contributed by atoms with van der Waals surface area (Å²) in [5.41, 5.74) is -0.654. The second-order valence-corrected chi connectivity index (χ2v) is 6.48. The zero-order valence-electron chi connectivity index (χ0n) is 14.4. The largest absolute Gasteiger partial charge is 0.460 e. The molecule has 1 atom stereocenters. The SMILES string of the molecule is CCCCOC(=O)N1CCOCC1C(=O)CC(=O)OC(C)(C)C. The van der Waals surface area contributed by atoms with E-state index in [1.807, 2.05) is 6.92 Å². The predicted molar refractivity (Wildman–Crippen MR) is 83.0 cm³/mol. The van der Waals surface area contributed by atoms with E-state index in [1.54, 1.807) is 20.8 Å². The highest BCUT2D eigenvalue weighted by Gasteiger charge is 2.35. The fourth-order valence-corrected chi connectivity index (χ4v) is 2.11. The molecule has 0 spiro atoms. The van der Waals surface area contributed by atoms with E-state index in [1.165, 1.54) is 4.90 Å². The molecule has 1 aliphatic rings. The fourth-order valence-electron chi connectivity index (χ4n) is 2.11. The van der Waals surface area contributed by atoms with Crippen LogP contribution < -0.4 is 0 Å². The monoisotopic (exact) mass is 329 g/mol. The number of carbonyl (C=O) groups is 3. The summed E-state index contributed by atoms with van der Waals surface area (Å²) in [5.74, 6) is -1.00. The molecule has 1 saturated heterocycles. The molecule has 1 heterocycles. The maximum absolute atomic E-state index is 12.3. The van der Waals surface area contributed by atoms with Gasteiger partial charge in [0.25, 0.3) is 0 Å². The van der Waals surface area contributed by atoms with Crippen molar-refractivity contribution in [3.8, 4) is 0 Å². The Kier molecular flexibility index (Phi) is 7.48. The number of morpholine rings is 1. The number of ether oxygens (including phenoxy) is 3. The predicted octanol–water partition coefficient (Wildman–Crippen LogP) is 1.92. The van der Waals surface area contributed by atoms with Gasteiger partial charge in [0.05, 0.1) is 19.8 Å². The minimum atomic E-state index is -0.801. The molecule has 0 N–H and O–H groups in total. The maximum atomic E-state index is 12.3. The number of hydrogen-bond acceptors (Lipinski definition) is 6. The van der Waals surface area contributed by atoms with Crippen LogP contribution in [-0.2, 0) is 23.8 Å². The summed E-state index contributed by atoms with van der Waals surface area (Å²) in [6, 6.07) is -0.801. The third-order valence-electron chi connectivity index (χ3n) is 3.20. The molecule has 0 bridgehead atoms. The second-order valence-electron chi connectivity index (χ2n) is 6.48. The van der Waals surface area contributed by atoms with Gasteiger partial charge < -0.3 is 14.2 Å². The Bertz CT molecular complexity index is 429. The molecular weight excluding hydrogens is 302 g/mol. The highest BCUT2D eigenvalue weighted by atomic mass is 16.6. The number of esters is 1. The summed E-state index contributed by atoms with van der Waals surface area (Å²) in [6.07, 6.45) is 0.762. The molecule has 0 radical (unpaired) electrons. The van der Waals surface area contributed by atoms with Crippen LogP contribution in [0.3, 0.4) is 0 Å². The molecule has 0 aromatic heterocycles. The standard InChI is InChI=1S/C16H27NO6/c1-5-6-8-22-15(20)17-7-9-21-11-12(17)13(18)10-14(19)23-16(2,3)4/h12H,5-11H2,1-4H3. The van der Waals surface area contributed by atoms with Gasteiger partial charge >= 0.3 is 12.1 Å². The summed E-state index contributed by atoms with van der Waals surface area (Å²) >= 11 is 0. The van der Waals surface area contributed by atoms with Crippen molar-refractivity contribution in [1.29, 1.82) is 0 Å². The lowest BCUT2D eigenvalue weighted by Crippen LogP contribution is -2.53. The Hall–Kier alpha value is -1.63. The molecule has 0 aliphatic carbocycles. The first-order valence-electron chi connectivity index (χ1n) is 8.00. The van der Waals surface area contributed by atoms with E-state index in [0.29, 0.717) is 13.2 Å². The molecule has 23 heavy (non-hydrogen) atoms. The van der Waals surface area contributed by atoms with Gasteiger partial charge in [-0.15, -0.1) is 0 Å². The third kappa shape index (κ3) is 6.99. The molecule has 7 nitrogen and oxygen atoms in total. The number of rotatable bonds is 6. The number of amides is 1. The first kappa shape index (κ1) is 19.4. The smallest absolute Gasteiger partial charge is 0.410 e. The Morgan fingerprint density at radius 2 is 1.96 bits per heavy atom. The highest BCUT2D eigenvalue weighted by molar-refractivity contribution is 5.99. The number of Topliss-reactive ketones (excluding diaryl/α,β-unsaturated/α-hetero) is 1.